The number of esters is 6. The summed E-state index contributed by atoms with van der Waals surface area (Å²) in [7, 11) is 0. The second-order valence-electron chi connectivity index (χ2n) is 16.3. The SMILES string of the molecule is CC(=O)N[C@H]1[C@H](OCCCCCCNC(=O)CNCC(=O)NCCCCCCO[C@@H]2O[C@H](COC(C)=O)[C@H](OC(C)=O)[C@H](OC(C)=O)[C@H]2NC(C)=O)O[C@H](COC(C)=O)[C@H](OC(C)=O)[C@@H]1OC(C)=O. The van der Waals surface area contributed by atoms with Gasteiger partial charge in [-0.2, -0.15) is 0 Å². The Kier molecular flexibility index (Phi) is 27.9. The highest BCUT2D eigenvalue weighted by atomic mass is 16.7. The Morgan fingerprint density at radius 3 is 1.07 bits per heavy atom. The summed E-state index contributed by atoms with van der Waals surface area (Å²) < 4.78 is 55.8. The van der Waals surface area contributed by atoms with Gasteiger partial charge in [0.25, 0.3) is 0 Å². The van der Waals surface area contributed by atoms with Crippen LogP contribution in [0.25, 0.3) is 0 Å². The van der Waals surface area contributed by atoms with E-state index >= 15 is 0 Å². The molecule has 10 atom stereocenters. The van der Waals surface area contributed by atoms with Gasteiger partial charge in [0.2, 0.25) is 23.6 Å². The van der Waals surface area contributed by atoms with Crippen LogP contribution in [0.15, 0.2) is 0 Å². The Morgan fingerprint density at radius 2 is 0.754 bits per heavy atom. The quantitative estimate of drug-likeness (QED) is 0.0337. The topological polar surface area (TPSA) is 323 Å². The van der Waals surface area contributed by atoms with Gasteiger partial charge in [-0.3, -0.25) is 53.3 Å². The fraction of sp³-hybridized carbons (Fsp3) is 0.773. The van der Waals surface area contributed by atoms with E-state index in [1.54, 1.807) is 0 Å². The van der Waals surface area contributed by atoms with Crippen molar-refractivity contribution in [2.24, 2.45) is 0 Å². The number of carbonyl (C=O) groups is 10. The fourth-order valence-corrected chi connectivity index (χ4v) is 7.30. The van der Waals surface area contributed by atoms with E-state index in [1.165, 1.54) is 27.7 Å². The first-order chi connectivity index (χ1) is 32.7. The maximum absolute atomic E-state index is 12.3. The number of hydrogen-bond acceptors (Lipinski definition) is 21. The Bertz CT molecular complexity index is 1600. The van der Waals surface area contributed by atoms with Crippen molar-refractivity contribution in [1.29, 1.82) is 0 Å². The molecule has 0 bridgehead atoms. The maximum Gasteiger partial charge on any atom is 0.303 e. The van der Waals surface area contributed by atoms with E-state index in [-0.39, 0.29) is 51.3 Å². The van der Waals surface area contributed by atoms with Crippen molar-refractivity contribution >= 4 is 59.4 Å². The maximum atomic E-state index is 12.3. The van der Waals surface area contributed by atoms with Crippen LogP contribution in [0, 0.1) is 0 Å². The average molecular weight is 990 g/mol. The van der Waals surface area contributed by atoms with Gasteiger partial charge < -0.3 is 68.6 Å². The Labute approximate surface area is 401 Å². The molecule has 25 heteroatoms. The molecule has 0 aromatic heterocycles. The molecule has 0 unspecified atom stereocenters. The highest BCUT2D eigenvalue weighted by molar-refractivity contribution is 5.81. The van der Waals surface area contributed by atoms with Crippen molar-refractivity contribution in [3.05, 3.63) is 0 Å². The zero-order valence-corrected chi connectivity index (χ0v) is 40.8. The van der Waals surface area contributed by atoms with Crippen LogP contribution in [0.5, 0.6) is 0 Å². The Morgan fingerprint density at radius 1 is 0.420 bits per heavy atom. The minimum absolute atomic E-state index is 0.0623. The monoisotopic (exact) mass is 989 g/mol. The summed E-state index contributed by atoms with van der Waals surface area (Å²) in [6, 6.07) is -2.12. The standard InChI is InChI=1S/C44H71N5O20/c1-25(50)48-37-41(66-31(7)56)39(64-29(5)54)33(23-62-27(3)52)68-43(37)60-19-15-11-9-13-17-46-35(58)21-45-22-36(59)47-18-14-10-12-16-20-61-44-38(49-26(2)51)42(67-32(8)57)40(65-30(6)55)34(69-44)24-63-28(4)53/h33-34,37-45H,9-24H2,1-8H3,(H,46,58)(H,47,59)(H,48,50)(H,49,51)/t33-,34-,37-,38-,39+,40+,41-,42-,43-,44-/m1/s1. The number of nitrogens with one attached hydrogen (secondary N) is 5. The van der Waals surface area contributed by atoms with Crippen molar-refractivity contribution in [3.8, 4) is 0 Å². The minimum Gasteiger partial charge on any atom is -0.463 e. The van der Waals surface area contributed by atoms with Gasteiger partial charge in [-0.1, -0.05) is 25.7 Å². The zero-order chi connectivity index (χ0) is 51.5. The Hall–Kier alpha value is -5.50. The van der Waals surface area contributed by atoms with Gasteiger partial charge in [-0.05, 0) is 25.7 Å². The number of unbranched alkanes of at least 4 members (excludes halogenated alkanes) is 6. The first kappa shape index (κ1) is 59.6. The van der Waals surface area contributed by atoms with Crippen molar-refractivity contribution < 1.29 is 95.3 Å². The first-order valence-corrected chi connectivity index (χ1v) is 23.0. The number of ether oxygens (including phenoxy) is 10. The number of amides is 4. The summed E-state index contributed by atoms with van der Waals surface area (Å²) >= 11 is 0. The molecular formula is C44H71N5O20. The van der Waals surface area contributed by atoms with E-state index in [4.69, 9.17) is 47.4 Å². The zero-order valence-electron chi connectivity index (χ0n) is 40.8. The number of rotatable bonds is 30. The largest absolute Gasteiger partial charge is 0.463 e. The van der Waals surface area contributed by atoms with Crippen LogP contribution in [-0.2, 0) is 95.3 Å². The molecule has 2 saturated heterocycles. The summed E-state index contributed by atoms with van der Waals surface area (Å²) in [6.45, 7) is 9.85. The van der Waals surface area contributed by atoms with Crippen LogP contribution in [0.3, 0.4) is 0 Å². The smallest absolute Gasteiger partial charge is 0.303 e. The lowest BCUT2D eigenvalue weighted by Gasteiger charge is -2.44. The molecule has 4 amide bonds. The summed E-state index contributed by atoms with van der Waals surface area (Å²) in [5, 5.41) is 13.7. The van der Waals surface area contributed by atoms with Gasteiger partial charge in [0.1, 0.15) is 37.5 Å². The van der Waals surface area contributed by atoms with Gasteiger partial charge in [-0.25, -0.2) is 0 Å². The molecule has 0 spiro atoms. The lowest BCUT2D eigenvalue weighted by atomic mass is 9.96. The van der Waals surface area contributed by atoms with Crippen molar-refractivity contribution in [1.82, 2.24) is 26.6 Å². The Balaban J connectivity index is 1.67. The molecule has 5 N–H and O–H groups in total. The third kappa shape index (κ3) is 24.6. The summed E-state index contributed by atoms with van der Waals surface area (Å²) in [6.07, 6.45) is -3.98. The van der Waals surface area contributed by atoms with Crippen molar-refractivity contribution in [3.63, 3.8) is 0 Å². The third-order valence-electron chi connectivity index (χ3n) is 10.1. The molecule has 0 radical (unpaired) electrons. The molecule has 2 fully saturated rings. The molecule has 69 heavy (non-hydrogen) atoms. The van der Waals surface area contributed by atoms with E-state index in [0.717, 1.165) is 40.5 Å². The van der Waals surface area contributed by atoms with E-state index in [9.17, 15) is 47.9 Å². The predicted octanol–water partition coefficient (Wildman–Crippen LogP) is -0.725. The summed E-state index contributed by atoms with van der Waals surface area (Å²) in [4.78, 5) is 120. The molecule has 25 nitrogen and oxygen atoms in total. The lowest BCUT2D eigenvalue weighted by molar-refractivity contribution is -0.277. The van der Waals surface area contributed by atoms with Gasteiger partial charge in [-0.15, -0.1) is 0 Å². The number of hydrogen-bond donors (Lipinski definition) is 5. The normalized spacial score (nSPS) is 24.1. The molecule has 0 aromatic carbocycles. The molecule has 0 aromatic rings. The fourth-order valence-electron chi connectivity index (χ4n) is 7.30. The van der Waals surface area contributed by atoms with Gasteiger partial charge in [0.05, 0.1) is 13.1 Å². The van der Waals surface area contributed by atoms with Gasteiger partial charge in [0.15, 0.2) is 37.0 Å². The van der Waals surface area contributed by atoms with Crippen LogP contribution in [-0.4, -0.2) is 173 Å². The molecule has 392 valence electrons. The molecule has 2 aliphatic rings. The minimum atomic E-state index is -1.22. The van der Waals surface area contributed by atoms with Crippen LogP contribution in [0.2, 0.25) is 0 Å². The van der Waals surface area contributed by atoms with Crippen LogP contribution in [0.1, 0.15) is 107 Å². The van der Waals surface area contributed by atoms with Crippen molar-refractivity contribution in [2.75, 3.05) is 52.6 Å². The highest BCUT2D eigenvalue weighted by Gasteiger charge is 2.52. The molecule has 2 heterocycles. The average Bonchev–Trinajstić information content (AvgIpc) is 3.24. The molecular weight excluding hydrogens is 918 g/mol. The molecule has 0 saturated carbocycles. The van der Waals surface area contributed by atoms with Crippen LogP contribution < -0.4 is 26.6 Å². The predicted molar refractivity (Wildman–Crippen MR) is 236 cm³/mol. The second-order valence-corrected chi connectivity index (χ2v) is 16.3. The first-order valence-electron chi connectivity index (χ1n) is 23.0. The van der Waals surface area contributed by atoms with Crippen molar-refractivity contribution in [2.45, 2.75) is 168 Å². The third-order valence-corrected chi connectivity index (χ3v) is 10.1. The molecule has 0 aliphatic carbocycles. The summed E-state index contributed by atoms with van der Waals surface area (Å²) in [5.41, 5.74) is 0. The van der Waals surface area contributed by atoms with Crippen LogP contribution in [0.4, 0.5) is 0 Å². The van der Waals surface area contributed by atoms with E-state index in [2.05, 4.69) is 26.6 Å². The van der Waals surface area contributed by atoms with Crippen LogP contribution >= 0.6 is 0 Å². The van der Waals surface area contributed by atoms with Gasteiger partial charge >= 0.3 is 35.8 Å². The highest BCUT2D eigenvalue weighted by Crippen LogP contribution is 2.30. The van der Waals surface area contributed by atoms with E-state index in [0.29, 0.717) is 51.6 Å². The van der Waals surface area contributed by atoms with Gasteiger partial charge in [0, 0.05) is 81.7 Å². The lowest BCUT2D eigenvalue weighted by Crippen LogP contribution is -2.66. The summed E-state index contributed by atoms with van der Waals surface area (Å²) in [5.74, 6) is -5.61. The molecule has 2 aliphatic heterocycles. The van der Waals surface area contributed by atoms with E-state index in [1.807, 2.05) is 0 Å². The molecule has 2 rings (SSSR count). The van der Waals surface area contributed by atoms with E-state index < -0.39 is 109 Å². The second kappa shape index (κ2) is 32.3. The number of carbonyl (C=O) groups excluding carboxylic acids is 10.